The monoisotopic (exact) mass is 312 g/mol. The van der Waals surface area contributed by atoms with Crippen molar-refractivity contribution >= 4 is 15.7 Å². The average Bonchev–Trinajstić information content (AvgIpc) is 2.50. The normalized spacial score (nSPS) is 14.5. The standard InChI is InChI=1S/C15H24N2O3S/c1-2-11-20-12-5-10-17-21(18,19)15-8-3-7-14-13(15)6-4-9-16-14/h3,7-8,16-17H,2,4-6,9-12H2,1H3. The maximum atomic E-state index is 12.4. The number of rotatable bonds is 8. The quantitative estimate of drug-likeness (QED) is 0.722. The molecule has 118 valence electrons. The zero-order chi connectivity index (χ0) is 15.1. The summed E-state index contributed by atoms with van der Waals surface area (Å²) in [5.74, 6) is 0. The van der Waals surface area contributed by atoms with Crippen LogP contribution in [0.3, 0.4) is 0 Å². The van der Waals surface area contributed by atoms with Gasteiger partial charge >= 0.3 is 0 Å². The minimum atomic E-state index is -3.44. The average molecular weight is 312 g/mol. The van der Waals surface area contributed by atoms with Gasteiger partial charge in [-0.05, 0) is 43.4 Å². The third-order valence-electron chi connectivity index (χ3n) is 3.45. The fraction of sp³-hybridized carbons (Fsp3) is 0.600. The first-order valence-electron chi connectivity index (χ1n) is 7.58. The highest BCUT2D eigenvalue weighted by Crippen LogP contribution is 2.28. The van der Waals surface area contributed by atoms with Crippen molar-refractivity contribution in [3.63, 3.8) is 0 Å². The smallest absolute Gasteiger partial charge is 0.240 e. The molecule has 2 rings (SSSR count). The molecular weight excluding hydrogens is 288 g/mol. The molecule has 1 aromatic carbocycles. The molecule has 1 aliphatic rings. The van der Waals surface area contributed by atoms with Gasteiger partial charge in [-0.2, -0.15) is 0 Å². The van der Waals surface area contributed by atoms with Crippen molar-refractivity contribution in [2.45, 2.75) is 37.5 Å². The van der Waals surface area contributed by atoms with E-state index in [0.717, 1.165) is 43.7 Å². The molecular formula is C15H24N2O3S. The van der Waals surface area contributed by atoms with Crippen molar-refractivity contribution < 1.29 is 13.2 Å². The highest BCUT2D eigenvalue weighted by molar-refractivity contribution is 7.89. The lowest BCUT2D eigenvalue weighted by Crippen LogP contribution is -2.27. The second-order valence-corrected chi connectivity index (χ2v) is 6.91. The van der Waals surface area contributed by atoms with Crippen LogP contribution in [0, 0.1) is 0 Å². The topological polar surface area (TPSA) is 67.4 Å². The lowest BCUT2D eigenvalue weighted by Gasteiger charge is -2.21. The first-order valence-corrected chi connectivity index (χ1v) is 9.06. The van der Waals surface area contributed by atoms with Crippen LogP contribution in [0.2, 0.25) is 0 Å². The minimum Gasteiger partial charge on any atom is -0.385 e. The predicted octanol–water partition coefficient (Wildman–Crippen LogP) is 2.14. The molecule has 0 bridgehead atoms. The number of fused-ring (bicyclic) bond motifs is 1. The Labute approximate surface area is 127 Å². The van der Waals surface area contributed by atoms with Gasteiger partial charge in [-0.1, -0.05) is 13.0 Å². The van der Waals surface area contributed by atoms with Crippen LogP contribution in [0.15, 0.2) is 23.1 Å². The molecule has 6 heteroatoms. The predicted molar refractivity (Wildman–Crippen MR) is 84.2 cm³/mol. The number of hydrogen-bond acceptors (Lipinski definition) is 4. The van der Waals surface area contributed by atoms with Crippen LogP contribution >= 0.6 is 0 Å². The molecule has 0 saturated heterocycles. The lowest BCUT2D eigenvalue weighted by molar-refractivity contribution is 0.133. The zero-order valence-electron chi connectivity index (χ0n) is 12.5. The summed E-state index contributed by atoms with van der Waals surface area (Å²) in [4.78, 5) is 0.404. The summed E-state index contributed by atoms with van der Waals surface area (Å²) in [7, 11) is -3.44. The first kappa shape index (κ1) is 16.3. The van der Waals surface area contributed by atoms with Crippen LogP contribution in [0.25, 0.3) is 0 Å². The van der Waals surface area contributed by atoms with Gasteiger partial charge in [-0.3, -0.25) is 0 Å². The van der Waals surface area contributed by atoms with Gasteiger partial charge in [0.1, 0.15) is 0 Å². The molecule has 0 spiro atoms. The Morgan fingerprint density at radius 1 is 1.33 bits per heavy atom. The van der Waals surface area contributed by atoms with Gasteiger partial charge in [0.25, 0.3) is 0 Å². The summed E-state index contributed by atoms with van der Waals surface area (Å²) in [6.45, 7) is 4.67. The Hall–Kier alpha value is -1.11. The Morgan fingerprint density at radius 2 is 2.19 bits per heavy atom. The van der Waals surface area contributed by atoms with Crippen LogP contribution in [0.4, 0.5) is 5.69 Å². The molecule has 0 saturated carbocycles. The molecule has 21 heavy (non-hydrogen) atoms. The van der Waals surface area contributed by atoms with Gasteiger partial charge in [0.15, 0.2) is 0 Å². The van der Waals surface area contributed by atoms with E-state index in [2.05, 4.69) is 17.0 Å². The zero-order valence-corrected chi connectivity index (χ0v) is 13.3. The van der Waals surface area contributed by atoms with E-state index in [-0.39, 0.29) is 0 Å². The summed E-state index contributed by atoms with van der Waals surface area (Å²) in [5, 5.41) is 3.25. The van der Waals surface area contributed by atoms with Crippen LogP contribution < -0.4 is 10.0 Å². The van der Waals surface area contributed by atoms with E-state index in [1.165, 1.54) is 0 Å². The molecule has 0 unspecified atom stereocenters. The van der Waals surface area contributed by atoms with Crippen molar-refractivity contribution in [1.29, 1.82) is 0 Å². The molecule has 0 aromatic heterocycles. The van der Waals surface area contributed by atoms with Gasteiger partial charge in [0, 0.05) is 32.0 Å². The fourth-order valence-corrected chi connectivity index (χ4v) is 3.80. The number of anilines is 1. The second kappa shape index (κ2) is 7.77. The summed E-state index contributed by atoms with van der Waals surface area (Å²) in [5.41, 5.74) is 1.84. The molecule has 1 heterocycles. The van der Waals surface area contributed by atoms with E-state index in [4.69, 9.17) is 4.74 Å². The Morgan fingerprint density at radius 3 is 3.00 bits per heavy atom. The largest absolute Gasteiger partial charge is 0.385 e. The van der Waals surface area contributed by atoms with E-state index in [1.54, 1.807) is 12.1 Å². The number of benzene rings is 1. The fourth-order valence-electron chi connectivity index (χ4n) is 2.43. The van der Waals surface area contributed by atoms with Gasteiger partial charge < -0.3 is 10.1 Å². The van der Waals surface area contributed by atoms with E-state index in [9.17, 15) is 8.42 Å². The van der Waals surface area contributed by atoms with Crippen molar-refractivity contribution in [2.24, 2.45) is 0 Å². The molecule has 5 nitrogen and oxygen atoms in total. The molecule has 0 radical (unpaired) electrons. The van der Waals surface area contributed by atoms with Crippen molar-refractivity contribution in [1.82, 2.24) is 4.72 Å². The van der Waals surface area contributed by atoms with E-state index in [0.29, 0.717) is 24.5 Å². The van der Waals surface area contributed by atoms with Gasteiger partial charge in [0.05, 0.1) is 4.90 Å². The van der Waals surface area contributed by atoms with E-state index in [1.807, 2.05) is 6.07 Å². The Bertz CT molecular complexity index is 558. The number of nitrogens with one attached hydrogen (secondary N) is 2. The van der Waals surface area contributed by atoms with Crippen LogP contribution in [0.5, 0.6) is 0 Å². The second-order valence-electron chi connectivity index (χ2n) is 5.18. The van der Waals surface area contributed by atoms with Crippen LogP contribution in [0.1, 0.15) is 31.7 Å². The SMILES string of the molecule is CCCOCCCNS(=O)(=O)c1cccc2c1CCCN2. The molecule has 0 fully saturated rings. The van der Waals surface area contributed by atoms with E-state index < -0.39 is 10.0 Å². The Balaban J connectivity index is 1.96. The number of hydrogen-bond donors (Lipinski definition) is 2. The lowest BCUT2D eigenvalue weighted by atomic mass is 10.0. The molecule has 0 atom stereocenters. The van der Waals surface area contributed by atoms with Gasteiger partial charge in [-0.15, -0.1) is 0 Å². The number of sulfonamides is 1. The summed E-state index contributed by atoms with van der Waals surface area (Å²) < 4.78 is 32.8. The van der Waals surface area contributed by atoms with Crippen molar-refractivity contribution in [2.75, 3.05) is 31.6 Å². The Kier molecular flexibility index (Phi) is 6.02. The molecule has 1 aliphatic heterocycles. The highest BCUT2D eigenvalue weighted by atomic mass is 32.2. The van der Waals surface area contributed by atoms with Crippen LogP contribution in [-0.2, 0) is 21.2 Å². The maximum Gasteiger partial charge on any atom is 0.240 e. The molecule has 0 amide bonds. The first-order chi connectivity index (χ1) is 10.1. The third kappa shape index (κ3) is 4.43. The van der Waals surface area contributed by atoms with Crippen LogP contribution in [-0.4, -0.2) is 34.7 Å². The maximum absolute atomic E-state index is 12.4. The summed E-state index contributed by atoms with van der Waals surface area (Å²) >= 11 is 0. The van der Waals surface area contributed by atoms with Gasteiger partial charge in [-0.25, -0.2) is 13.1 Å². The molecule has 0 aliphatic carbocycles. The molecule has 1 aromatic rings. The highest BCUT2D eigenvalue weighted by Gasteiger charge is 2.21. The van der Waals surface area contributed by atoms with Crippen molar-refractivity contribution in [3.05, 3.63) is 23.8 Å². The minimum absolute atomic E-state index is 0.404. The summed E-state index contributed by atoms with van der Waals surface area (Å²) in [6, 6.07) is 5.41. The van der Waals surface area contributed by atoms with Gasteiger partial charge in [0.2, 0.25) is 10.0 Å². The molecule has 2 N–H and O–H groups in total. The number of ether oxygens (including phenoxy) is 1. The summed E-state index contributed by atoms with van der Waals surface area (Å²) in [6.07, 6.45) is 3.44. The van der Waals surface area contributed by atoms with Crippen molar-refractivity contribution in [3.8, 4) is 0 Å². The third-order valence-corrected chi connectivity index (χ3v) is 4.99. The van der Waals surface area contributed by atoms with E-state index >= 15 is 0 Å².